The minimum absolute atomic E-state index is 0.201. The number of anilines is 1. The van der Waals surface area contributed by atoms with Gasteiger partial charge in [-0.3, -0.25) is 0 Å². The van der Waals surface area contributed by atoms with Crippen LogP contribution in [0.25, 0.3) is 11.1 Å². The van der Waals surface area contributed by atoms with E-state index in [-0.39, 0.29) is 5.15 Å². The first kappa shape index (κ1) is 10.2. The number of aromatic nitrogens is 2. The molecule has 0 unspecified atom stereocenters. The molecule has 0 aliphatic carbocycles. The van der Waals surface area contributed by atoms with Crippen LogP contribution < -0.4 is 5.73 Å². The maximum Gasteiger partial charge on any atom is 0.175 e. The Kier molecular flexibility index (Phi) is 2.75. The van der Waals surface area contributed by atoms with E-state index in [0.717, 1.165) is 11.1 Å². The highest BCUT2D eigenvalue weighted by atomic mass is 35.5. The Bertz CT molecular complexity index is 500. The van der Waals surface area contributed by atoms with Crippen LogP contribution in [-0.2, 0) is 0 Å². The number of nitrogens with zero attached hydrogens (tertiary/aromatic N) is 2. The molecular weight excluding hydrogens is 233 g/mol. The van der Waals surface area contributed by atoms with Gasteiger partial charge in [0.15, 0.2) is 5.15 Å². The number of nitrogens with two attached hydrogens (primary N) is 1. The summed E-state index contributed by atoms with van der Waals surface area (Å²) < 4.78 is 0. The first-order chi connectivity index (χ1) is 7.18. The highest BCUT2D eigenvalue weighted by Crippen LogP contribution is 2.30. The first-order valence-corrected chi connectivity index (χ1v) is 4.96. The largest absolute Gasteiger partial charge is 0.396 e. The predicted octanol–water partition coefficient (Wildman–Crippen LogP) is 3.03. The number of rotatable bonds is 1. The maximum absolute atomic E-state index is 5.88. The predicted molar refractivity (Wildman–Crippen MR) is 61.9 cm³/mol. The molecule has 2 aromatic rings. The van der Waals surface area contributed by atoms with E-state index in [4.69, 9.17) is 28.9 Å². The van der Waals surface area contributed by atoms with Crippen molar-refractivity contribution in [3.05, 3.63) is 40.6 Å². The molecule has 0 saturated carbocycles. The maximum atomic E-state index is 5.88. The molecule has 0 saturated heterocycles. The normalized spacial score (nSPS) is 10.3. The Morgan fingerprint density at radius 3 is 2.73 bits per heavy atom. The summed E-state index contributed by atoms with van der Waals surface area (Å²) >= 11 is 11.6. The Morgan fingerprint density at radius 2 is 2.00 bits per heavy atom. The van der Waals surface area contributed by atoms with Gasteiger partial charge in [-0.1, -0.05) is 35.3 Å². The standard InChI is InChI=1S/C10H7Cl2N3/c11-7-3-1-2-6(4-7)8-5-14-15-10(12)9(8)13/h1-5H,(H2,13,14). The van der Waals surface area contributed by atoms with Crippen molar-refractivity contribution in [3.63, 3.8) is 0 Å². The van der Waals surface area contributed by atoms with E-state index in [9.17, 15) is 0 Å². The van der Waals surface area contributed by atoms with Crippen molar-refractivity contribution in [3.8, 4) is 11.1 Å². The molecule has 2 N–H and O–H groups in total. The summed E-state index contributed by atoms with van der Waals surface area (Å²) in [5, 5.41) is 8.23. The molecule has 3 nitrogen and oxygen atoms in total. The lowest BCUT2D eigenvalue weighted by molar-refractivity contribution is 1.04. The second-order valence-electron chi connectivity index (χ2n) is 2.97. The lowest BCUT2D eigenvalue weighted by atomic mass is 10.1. The van der Waals surface area contributed by atoms with Crippen LogP contribution in [0.5, 0.6) is 0 Å². The zero-order valence-corrected chi connectivity index (χ0v) is 9.13. The monoisotopic (exact) mass is 239 g/mol. The fraction of sp³-hybridized carbons (Fsp3) is 0. The van der Waals surface area contributed by atoms with Gasteiger partial charge in [-0.05, 0) is 17.7 Å². The number of halogens is 2. The van der Waals surface area contributed by atoms with Gasteiger partial charge in [-0.2, -0.15) is 5.10 Å². The molecule has 0 spiro atoms. The highest BCUT2D eigenvalue weighted by Gasteiger charge is 2.07. The van der Waals surface area contributed by atoms with Crippen molar-refractivity contribution >= 4 is 28.9 Å². The third-order valence-electron chi connectivity index (χ3n) is 1.98. The van der Waals surface area contributed by atoms with Gasteiger partial charge in [-0.25, -0.2) is 0 Å². The molecule has 1 heterocycles. The van der Waals surface area contributed by atoms with Gasteiger partial charge >= 0.3 is 0 Å². The molecule has 1 aromatic carbocycles. The minimum atomic E-state index is 0.201. The molecule has 0 bridgehead atoms. The number of hydrogen-bond donors (Lipinski definition) is 1. The van der Waals surface area contributed by atoms with E-state index in [1.54, 1.807) is 18.3 Å². The van der Waals surface area contributed by atoms with Crippen LogP contribution in [0, 0.1) is 0 Å². The van der Waals surface area contributed by atoms with Gasteiger partial charge in [0.2, 0.25) is 0 Å². The molecule has 76 valence electrons. The van der Waals surface area contributed by atoms with Crippen molar-refractivity contribution in [2.75, 3.05) is 5.73 Å². The molecule has 0 aliphatic heterocycles. The molecule has 2 rings (SSSR count). The first-order valence-electron chi connectivity index (χ1n) is 4.21. The second kappa shape index (κ2) is 4.04. The lowest BCUT2D eigenvalue weighted by Gasteiger charge is -2.05. The molecule has 0 atom stereocenters. The Hall–Kier alpha value is -1.32. The van der Waals surface area contributed by atoms with E-state index in [1.165, 1.54) is 0 Å². The average Bonchev–Trinajstić information content (AvgIpc) is 2.22. The van der Waals surface area contributed by atoms with E-state index in [2.05, 4.69) is 10.2 Å². The third-order valence-corrected chi connectivity index (χ3v) is 2.49. The van der Waals surface area contributed by atoms with Crippen molar-refractivity contribution in [1.82, 2.24) is 10.2 Å². The van der Waals surface area contributed by atoms with E-state index < -0.39 is 0 Å². The smallest absolute Gasteiger partial charge is 0.175 e. The summed E-state index contributed by atoms with van der Waals surface area (Å²) in [5.74, 6) is 0. The highest BCUT2D eigenvalue weighted by molar-refractivity contribution is 6.32. The van der Waals surface area contributed by atoms with Gasteiger partial charge in [-0.15, -0.1) is 5.10 Å². The summed E-state index contributed by atoms with van der Waals surface area (Å²) in [5.41, 5.74) is 7.80. The Labute approximate surface area is 96.8 Å². The van der Waals surface area contributed by atoms with Gasteiger partial charge in [0.25, 0.3) is 0 Å². The Balaban J connectivity index is 2.59. The summed E-state index contributed by atoms with van der Waals surface area (Å²) in [6.45, 7) is 0. The van der Waals surface area contributed by atoms with Gasteiger partial charge in [0, 0.05) is 10.6 Å². The van der Waals surface area contributed by atoms with E-state index in [0.29, 0.717) is 10.7 Å². The minimum Gasteiger partial charge on any atom is -0.396 e. The number of benzene rings is 1. The quantitative estimate of drug-likeness (QED) is 0.833. The van der Waals surface area contributed by atoms with Crippen LogP contribution >= 0.6 is 23.2 Å². The van der Waals surface area contributed by atoms with Crippen LogP contribution in [-0.4, -0.2) is 10.2 Å². The van der Waals surface area contributed by atoms with Gasteiger partial charge < -0.3 is 5.73 Å². The van der Waals surface area contributed by atoms with E-state index in [1.807, 2.05) is 12.1 Å². The molecular formula is C10H7Cl2N3. The van der Waals surface area contributed by atoms with Gasteiger partial charge in [0.05, 0.1) is 11.9 Å². The number of nitrogen functional groups attached to an aromatic ring is 1. The van der Waals surface area contributed by atoms with E-state index >= 15 is 0 Å². The topological polar surface area (TPSA) is 51.8 Å². The van der Waals surface area contributed by atoms with Crippen LogP contribution in [0.4, 0.5) is 5.69 Å². The fourth-order valence-corrected chi connectivity index (χ4v) is 1.59. The summed E-state index contributed by atoms with van der Waals surface area (Å²) in [4.78, 5) is 0. The van der Waals surface area contributed by atoms with Crippen molar-refractivity contribution in [1.29, 1.82) is 0 Å². The van der Waals surface area contributed by atoms with Crippen LogP contribution in [0.2, 0.25) is 10.2 Å². The summed E-state index contributed by atoms with van der Waals surface area (Å²) in [7, 11) is 0. The molecule has 0 fully saturated rings. The molecule has 15 heavy (non-hydrogen) atoms. The molecule has 5 heteroatoms. The van der Waals surface area contributed by atoms with Crippen molar-refractivity contribution in [2.45, 2.75) is 0 Å². The second-order valence-corrected chi connectivity index (χ2v) is 3.77. The van der Waals surface area contributed by atoms with Crippen molar-refractivity contribution < 1.29 is 0 Å². The zero-order chi connectivity index (χ0) is 10.8. The Morgan fingerprint density at radius 1 is 1.20 bits per heavy atom. The van der Waals surface area contributed by atoms with Crippen LogP contribution in [0.1, 0.15) is 0 Å². The molecule has 1 aromatic heterocycles. The van der Waals surface area contributed by atoms with Crippen LogP contribution in [0.15, 0.2) is 30.5 Å². The lowest BCUT2D eigenvalue weighted by Crippen LogP contribution is -1.95. The third kappa shape index (κ3) is 2.03. The molecule has 0 aliphatic rings. The molecule has 0 radical (unpaired) electrons. The number of hydrogen-bond acceptors (Lipinski definition) is 3. The fourth-order valence-electron chi connectivity index (χ4n) is 1.26. The molecule has 0 amide bonds. The summed E-state index contributed by atoms with van der Waals surface area (Å²) in [6, 6.07) is 7.31. The SMILES string of the molecule is Nc1c(-c2cccc(Cl)c2)cnnc1Cl. The summed E-state index contributed by atoms with van der Waals surface area (Å²) in [6.07, 6.45) is 1.56. The van der Waals surface area contributed by atoms with Crippen molar-refractivity contribution in [2.24, 2.45) is 0 Å². The van der Waals surface area contributed by atoms with Gasteiger partial charge in [0.1, 0.15) is 0 Å². The van der Waals surface area contributed by atoms with Crippen LogP contribution in [0.3, 0.4) is 0 Å². The average molecular weight is 240 g/mol. The zero-order valence-electron chi connectivity index (χ0n) is 7.61.